The molecule has 1 aliphatic rings. The van der Waals surface area contributed by atoms with Crippen LogP contribution in [-0.4, -0.2) is 31.2 Å². The van der Waals surface area contributed by atoms with Crippen LogP contribution in [0.2, 0.25) is 0 Å². The molecule has 1 fully saturated rings. The van der Waals surface area contributed by atoms with Gasteiger partial charge in [-0.3, -0.25) is 4.90 Å². The molecule has 96 valence electrons. The van der Waals surface area contributed by atoms with E-state index in [0.29, 0.717) is 6.54 Å². The van der Waals surface area contributed by atoms with Crippen LogP contribution in [0, 0.1) is 0 Å². The van der Waals surface area contributed by atoms with E-state index >= 15 is 0 Å². The average Bonchev–Trinajstić information content (AvgIpc) is 2.42. The topological polar surface area (TPSA) is 36.3 Å². The quantitative estimate of drug-likeness (QED) is 0.733. The van der Waals surface area contributed by atoms with Crippen LogP contribution in [-0.2, 0) is 17.8 Å². The molecular weight excluding hydrogens is 251 g/mol. The summed E-state index contributed by atoms with van der Waals surface area (Å²) in [6.45, 7) is 9.08. The molecule has 1 heterocycles. The molecule has 0 saturated carbocycles. The van der Waals surface area contributed by atoms with Crippen molar-refractivity contribution in [2.75, 3.05) is 26.3 Å². The first-order valence-corrected chi connectivity index (χ1v) is 6.41. The number of nitrogens with one attached hydrogen (secondary N) is 1. The Balaban J connectivity index is 0.000000917. The van der Waals surface area contributed by atoms with Crippen LogP contribution >= 0.6 is 0 Å². The van der Waals surface area contributed by atoms with E-state index < -0.39 is 0 Å². The molecule has 0 radical (unpaired) electrons. The van der Waals surface area contributed by atoms with Gasteiger partial charge in [0, 0.05) is 19.6 Å². The second kappa shape index (κ2) is 11.6. The molecule has 0 unspecified atom stereocenters. The fourth-order valence-electron chi connectivity index (χ4n) is 1.86. The molecule has 0 bridgehead atoms. The maximum atomic E-state index is 7.33. The molecule has 1 aromatic rings. The molecular formula is C14H23KN2O. The zero-order valence-electron chi connectivity index (χ0n) is 11.9. The van der Waals surface area contributed by atoms with Crippen molar-refractivity contribution in [1.82, 2.24) is 4.90 Å². The van der Waals surface area contributed by atoms with Crippen LogP contribution in [0.1, 0.15) is 25.0 Å². The summed E-state index contributed by atoms with van der Waals surface area (Å²) < 4.78 is 5.31. The van der Waals surface area contributed by atoms with E-state index in [-0.39, 0.29) is 51.4 Å². The first-order chi connectivity index (χ1) is 8.38. The number of benzene rings is 1. The Kier molecular flexibility index (Phi) is 12.0. The fourth-order valence-corrected chi connectivity index (χ4v) is 1.86. The molecule has 1 N–H and O–H groups in total. The smallest absolute Gasteiger partial charge is 0.674 e. The van der Waals surface area contributed by atoms with Gasteiger partial charge in [-0.15, -0.1) is 6.54 Å². The van der Waals surface area contributed by atoms with Crippen molar-refractivity contribution in [3.63, 3.8) is 0 Å². The summed E-state index contributed by atoms with van der Waals surface area (Å²) in [5, 5.41) is 0. The summed E-state index contributed by atoms with van der Waals surface area (Å²) in [5.41, 5.74) is 9.73. The van der Waals surface area contributed by atoms with E-state index in [4.69, 9.17) is 10.5 Å². The Morgan fingerprint density at radius 2 is 1.78 bits per heavy atom. The van der Waals surface area contributed by atoms with Gasteiger partial charge in [0.05, 0.1) is 13.2 Å². The van der Waals surface area contributed by atoms with Crippen LogP contribution in [0.3, 0.4) is 0 Å². The molecule has 0 aromatic heterocycles. The molecule has 18 heavy (non-hydrogen) atoms. The molecule has 1 saturated heterocycles. The number of hydrogen-bond acceptors (Lipinski definition) is 2. The first-order valence-electron chi connectivity index (χ1n) is 6.41. The van der Waals surface area contributed by atoms with Gasteiger partial charge in [-0.1, -0.05) is 43.7 Å². The van der Waals surface area contributed by atoms with Crippen molar-refractivity contribution < 1.29 is 56.1 Å². The normalized spacial score (nSPS) is 15.3. The zero-order valence-corrected chi connectivity index (χ0v) is 15.0. The molecule has 0 amide bonds. The van der Waals surface area contributed by atoms with E-state index in [1.807, 2.05) is 26.0 Å². The van der Waals surface area contributed by atoms with Gasteiger partial charge >= 0.3 is 51.4 Å². The van der Waals surface area contributed by atoms with Crippen molar-refractivity contribution in [3.8, 4) is 0 Å². The molecule has 1 aromatic carbocycles. The zero-order chi connectivity index (χ0) is 12.5. The monoisotopic (exact) mass is 274 g/mol. The minimum absolute atomic E-state index is 0. The number of nitrogens with zero attached hydrogens (tertiary/aromatic N) is 1. The van der Waals surface area contributed by atoms with Gasteiger partial charge < -0.3 is 10.5 Å². The standard InChI is InChI=1S/C12H17N2O.C2H6.K/c13-9-11-2-1-3-12(8-11)10-14-4-6-15-7-5-14;1-2;/h1-3,8,13H,4-7,9-10H2;1-2H3;/q-1;;+1. The van der Waals surface area contributed by atoms with Crippen molar-refractivity contribution in [1.29, 1.82) is 0 Å². The predicted molar refractivity (Wildman–Crippen MR) is 71.9 cm³/mol. The maximum absolute atomic E-state index is 7.33. The van der Waals surface area contributed by atoms with E-state index in [0.717, 1.165) is 38.4 Å². The second-order valence-corrected chi connectivity index (χ2v) is 3.89. The Hall–Kier alpha value is 0.736. The van der Waals surface area contributed by atoms with Crippen molar-refractivity contribution in [3.05, 3.63) is 41.1 Å². The van der Waals surface area contributed by atoms with Gasteiger partial charge in [0.2, 0.25) is 0 Å². The van der Waals surface area contributed by atoms with E-state index in [1.165, 1.54) is 5.56 Å². The second-order valence-electron chi connectivity index (χ2n) is 3.89. The van der Waals surface area contributed by atoms with Crippen LogP contribution in [0.5, 0.6) is 0 Å². The molecule has 3 nitrogen and oxygen atoms in total. The maximum Gasteiger partial charge on any atom is 1.00 e. The molecule has 2 rings (SSSR count). The molecule has 0 aliphatic carbocycles. The number of hydrogen-bond donors (Lipinski definition) is 0. The van der Waals surface area contributed by atoms with Gasteiger partial charge in [0.1, 0.15) is 0 Å². The van der Waals surface area contributed by atoms with Crippen LogP contribution in [0.15, 0.2) is 24.3 Å². The third-order valence-electron chi connectivity index (χ3n) is 2.71. The summed E-state index contributed by atoms with van der Waals surface area (Å²) >= 11 is 0. The van der Waals surface area contributed by atoms with Gasteiger partial charge in [-0.25, -0.2) is 0 Å². The third kappa shape index (κ3) is 6.77. The first kappa shape index (κ1) is 18.7. The van der Waals surface area contributed by atoms with Crippen molar-refractivity contribution in [2.24, 2.45) is 0 Å². The van der Waals surface area contributed by atoms with E-state index in [2.05, 4.69) is 17.0 Å². The third-order valence-corrected chi connectivity index (χ3v) is 2.71. The molecule has 4 heteroatoms. The molecule has 0 spiro atoms. The molecule has 1 aliphatic heterocycles. The SMILES string of the molecule is CC.[K+].[NH-]Cc1cccc(CN2CCOCC2)c1. The number of ether oxygens (including phenoxy) is 1. The van der Waals surface area contributed by atoms with E-state index in [9.17, 15) is 0 Å². The Morgan fingerprint density at radius 1 is 1.17 bits per heavy atom. The van der Waals surface area contributed by atoms with Gasteiger partial charge in [0.15, 0.2) is 0 Å². The minimum atomic E-state index is 0. The van der Waals surface area contributed by atoms with Gasteiger partial charge in [-0.2, -0.15) is 0 Å². The summed E-state index contributed by atoms with van der Waals surface area (Å²) in [4.78, 5) is 2.40. The Bertz CT molecular complexity index is 314. The Labute approximate surface area is 153 Å². The summed E-state index contributed by atoms with van der Waals surface area (Å²) in [6.07, 6.45) is 0. The van der Waals surface area contributed by atoms with Gasteiger partial charge in [0.25, 0.3) is 0 Å². The van der Waals surface area contributed by atoms with Gasteiger partial charge in [-0.05, 0) is 5.56 Å². The number of rotatable bonds is 3. The van der Waals surface area contributed by atoms with E-state index in [1.54, 1.807) is 0 Å². The average molecular weight is 274 g/mol. The predicted octanol–water partition coefficient (Wildman–Crippen LogP) is 0.101. The molecule has 0 atom stereocenters. The van der Waals surface area contributed by atoms with Crippen LogP contribution in [0.25, 0.3) is 5.73 Å². The summed E-state index contributed by atoms with van der Waals surface area (Å²) in [5.74, 6) is 0. The fraction of sp³-hybridized carbons (Fsp3) is 0.571. The van der Waals surface area contributed by atoms with Crippen molar-refractivity contribution in [2.45, 2.75) is 26.9 Å². The largest absolute Gasteiger partial charge is 1.00 e. The number of morpholine rings is 1. The Morgan fingerprint density at radius 3 is 2.39 bits per heavy atom. The van der Waals surface area contributed by atoms with Crippen LogP contribution < -0.4 is 51.4 Å². The summed E-state index contributed by atoms with van der Waals surface area (Å²) in [6, 6.07) is 8.31. The minimum Gasteiger partial charge on any atom is -0.674 e. The summed E-state index contributed by atoms with van der Waals surface area (Å²) in [7, 11) is 0. The van der Waals surface area contributed by atoms with Crippen LogP contribution in [0.4, 0.5) is 0 Å². The van der Waals surface area contributed by atoms with Crippen molar-refractivity contribution >= 4 is 0 Å².